The summed E-state index contributed by atoms with van der Waals surface area (Å²) in [5.41, 5.74) is 0.311. The maximum Gasteiger partial charge on any atom is 0.338 e. The zero-order valence-electron chi connectivity index (χ0n) is 20.2. The molecule has 0 aromatic heterocycles. The van der Waals surface area contributed by atoms with Crippen LogP contribution >= 0.6 is 0 Å². The van der Waals surface area contributed by atoms with Crippen LogP contribution in [0.4, 0.5) is 0 Å². The molecular formula is C27H24O10S. The molecule has 0 bridgehead atoms. The van der Waals surface area contributed by atoms with E-state index in [2.05, 4.69) is 0 Å². The van der Waals surface area contributed by atoms with Gasteiger partial charge in [0.2, 0.25) is 0 Å². The fourth-order valence-electron chi connectivity index (χ4n) is 3.28. The topological polar surface area (TPSA) is 139 Å². The molecule has 0 saturated heterocycles. The van der Waals surface area contributed by atoms with Crippen LogP contribution in [-0.2, 0) is 33.3 Å². The average Bonchev–Trinajstić information content (AvgIpc) is 2.93. The van der Waals surface area contributed by atoms with Gasteiger partial charge in [-0.2, -0.15) is 8.42 Å². The molecule has 3 aromatic carbocycles. The zero-order valence-corrected chi connectivity index (χ0v) is 21.0. The van der Waals surface area contributed by atoms with Crippen molar-refractivity contribution in [3.05, 3.63) is 108 Å². The fraction of sp³-hybridized carbons (Fsp3) is 0.185. The Balaban J connectivity index is 1.93. The van der Waals surface area contributed by atoms with Gasteiger partial charge < -0.3 is 14.2 Å². The van der Waals surface area contributed by atoms with Gasteiger partial charge in [-0.3, -0.25) is 8.98 Å². The van der Waals surface area contributed by atoms with Gasteiger partial charge in [-0.05, 0) is 36.4 Å². The van der Waals surface area contributed by atoms with Crippen molar-refractivity contribution < 1.29 is 46.0 Å². The van der Waals surface area contributed by atoms with Crippen LogP contribution < -0.4 is 0 Å². The highest BCUT2D eigenvalue weighted by Crippen LogP contribution is 2.19. The molecule has 0 heterocycles. The van der Waals surface area contributed by atoms with Crippen LogP contribution in [0.1, 0.15) is 31.1 Å². The number of benzene rings is 3. The molecule has 38 heavy (non-hydrogen) atoms. The normalized spacial score (nSPS) is 13.4. The van der Waals surface area contributed by atoms with E-state index in [0.29, 0.717) is 0 Å². The number of carbonyl (C=O) groups excluding carboxylic acids is 4. The number of rotatable bonds is 12. The minimum Gasteiger partial charge on any atom is -0.459 e. The van der Waals surface area contributed by atoms with E-state index in [4.69, 9.17) is 18.4 Å². The van der Waals surface area contributed by atoms with Crippen molar-refractivity contribution in [2.24, 2.45) is 0 Å². The second kappa shape index (κ2) is 13.3. The number of carbonyl (C=O) groups is 4. The molecule has 0 spiro atoms. The third-order valence-electron chi connectivity index (χ3n) is 5.02. The van der Waals surface area contributed by atoms with E-state index in [1.807, 2.05) is 0 Å². The van der Waals surface area contributed by atoms with Gasteiger partial charge in [0.1, 0.15) is 6.61 Å². The Bertz CT molecular complexity index is 1340. The molecule has 0 saturated carbocycles. The van der Waals surface area contributed by atoms with Crippen LogP contribution in [0, 0.1) is 0 Å². The van der Waals surface area contributed by atoms with Gasteiger partial charge in [0, 0.05) is 0 Å². The van der Waals surface area contributed by atoms with E-state index in [0.717, 1.165) is 6.26 Å². The summed E-state index contributed by atoms with van der Waals surface area (Å²) < 4.78 is 45.1. The highest BCUT2D eigenvalue weighted by Gasteiger charge is 2.40. The largest absolute Gasteiger partial charge is 0.459 e. The molecule has 0 fully saturated rings. The van der Waals surface area contributed by atoms with Crippen molar-refractivity contribution >= 4 is 34.3 Å². The minimum atomic E-state index is -4.24. The fourth-order valence-corrected chi connectivity index (χ4v) is 3.89. The Morgan fingerprint density at radius 3 is 1.55 bits per heavy atom. The summed E-state index contributed by atoms with van der Waals surface area (Å²) in [6.45, 7) is -0.763. The molecule has 3 atom stereocenters. The smallest absolute Gasteiger partial charge is 0.338 e. The summed E-state index contributed by atoms with van der Waals surface area (Å²) >= 11 is 0. The Labute approximate surface area is 219 Å². The lowest BCUT2D eigenvalue weighted by molar-refractivity contribution is -0.128. The molecule has 198 valence electrons. The van der Waals surface area contributed by atoms with Crippen molar-refractivity contribution in [2.45, 2.75) is 18.3 Å². The number of esters is 3. The van der Waals surface area contributed by atoms with Gasteiger partial charge >= 0.3 is 17.9 Å². The molecule has 0 aliphatic heterocycles. The molecular weight excluding hydrogens is 516 g/mol. The van der Waals surface area contributed by atoms with E-state index >= 15 is 0 Å². The van der Waals surface area contributed by atoms with Gasteiger partial charge in [-0.15, -0.1) is 0 Å². The predicted octanol–water partition coefficient (Wildman–Crippen LogP) is 2.84. The summed E-state index contributed by atoms with van der Waals surface area (Å²) in [5, 5.41) is 0. The highest BCUT2D eigenvalue weighted by atomic mass is 32.2. The van der Waals surface area contributed by atoms with Gasteiger partial charge in [-0.25, -0.2) is 14.4 Å². The molecule has 10 nitrogen and oxygen atoms in total. The molecule has 0 aliphatic carbocycles. The van der Waals surface area contributed by atoms with Crippen LogP contribution in [0.3, 0.4) is 0 Å². The monoisotopic (exact) mass is 540 g/mol. The van der Waals surface area contributed by atoms with Crippen molar-refractivity contribution in [1.29, 1.82) is 0 Å². The third-order valence-corrected chi connectivity index (χ3v) is 5.61. The van der Waals surface area contributed by atoms with Crippen LogP contribution in [0.5, 0.6) is 0 Å². The van der Waals surface area contributed by atoms with Crippen molar-refractivity contribution in [3.8, 4) is 0 Å². The van der Waals surface area contributed by atoms with Crippen LogP contribution in [0.25, 0.3) is 0 Å². The molecule has 0 radical (unpaired) electrons. The first-order chi connectivity index (χ1) is 18.2. The maximum atomic E-state index is 12.9. The lowest BCUT2D eigenvalue weighted by Crippen LogP contribution is -2.48. The van der Waals surface area contributed by atoms with Gasteiger partial charge in [0.05, 0.1) is 22.9 Å². The first-order valence-corrected chi connectivity index (χ1v) is 13.1. The maximum absolute atomic E-state index is 12.9. The number of hydrogen-bond donors (Lipinski definition) is 0. The van der Waals surface area contributed by atoms with E-state index in [1.54, 1.807) is 54.6 Å². The highest BCUT2D eigenvalue weighted by molar-refractivity contribution is 7.86. The standard InChI is InChI=1S/C27H24O10S/c1-38(32,33)37-23(18-34-25(29)19-11-5-2-6-12-19)24(36-27(31)21-15-9-4-10-16-21)22(17-28)35-26(30)20-13-7-3-8-14-20/h2-17,22-24H,18H2,1H3/t22-,23+,24-/m0/s1. The Kier molecular flexibility index (Phi) is 9.85. The van der Waals surface area contributed by atoms with E-state index < -0.39 is 52.9 Å². The summed E-state index contributed by atoms with van der Waals surface area (Å²) in [5.74, 6) is -2.73. The second-order valence-electron chi connectivity index (χ2n) is 7.91. The number of hydrogen-bond acceptors (Lipinski definition) is 10. The Morgan fingerprint density at radius 1 is 0.711 bits per heavy atom. The molecule has 0 amide bonds. The predicted molar refractivity (Wildman–Crippen MR) is 134 cm³/mol. The minimum absolute atomic E-state index is 0.0657. The SMILES string of the molecule is CS(=O)(=O)O[C@H](COC(=O)c1ccccc1)[C@@H](OC(=O)c1ccccc1)[C@H](C=O)OC(=O)c1ccccc1. The Hall–Kier alpha value is -4.35. The van der Waals surface area contributed by atoms with E-state index in [9.17, 15) is 27.6 Å². The average molecular weight is 541 g/mol. The summed E-state index contributed by atoms with van der Waals surface area (Å²) in [4.78, 5) is 50.1. The molecule has 0 unspecified atom stereocenters. The quantitative estimate of drug-likeness (QED) is 0.146. The number of ether oxygens (including phenoxy) is 3. The molecule has 3 aromatic rings. The molecule has 11 heteroatoms. The summed E-state index contributed by atoms with van der Waals surface area (Å²) in [6.07, 6.45) is -4.49. The van der Waals surface area contributed by atoms with Gasteiger partial charge in [0.15, 0.2) is 24.6 Å². The first-order valence-electron chi connectivity index (χ1n) is 11.3. The second-order valence-corrected chi connectivity index (χ2v) is 9.51. The van der Waals surface area contributed by atoms with Gasteiger partial charge in [-0.1, -0.05) is 54.6 Å². The van der Waals surface area contributed by atoms with Crippen molar-refractivity contribution in [2.75, 3.05) is 12.9 Å². The molecule has 0 N–H and O–H groups in total. The van der Waals surface area contributed by atoms with Gasteiger partial charge in [0.25, 0.3) is 10.1 Å². The van der Waals surface area contributed by atoms with Crippen molar-refractivity contribution in [1.82, 2.24) is 0 Å². The van der Waals surface area contributed by atoms with Crippen molar-refractivity contribution in [3.63, 3.8) is 0 Å². The van der Waals surface area contributed by atoms with Crippen LogP contribution in [0.15, 0.2) is 91.0 Å². The summed E-state index contributed by atoms with van der Waals surface area (Å²) in [7, 11) is -4.24. The molecule has 3 rings (SSSR count). The van der Waals surface area contributed by atoms with E-state index in [-0.39, 0.29) is 23.0 Å². The summed E-state index contributed by atoms with van der Waals surface area (Å²) in [6, 6.07) is 23.1. The first kappa shape index (κ1) is 28.2. The van der Waals surface area contributed by atoms with Crippen LogP contribution in [-0.4, -0.2) is 63.8 Å². The third kappa shape index (κ3) is 8.36. The van der Waals surface area contributed by atoms with E-state index in [1.165, 1.54) is 36.4 Å². The molecule has 0 aliphatic rings. The number of aldehydes is 1. The Morgan fingerprint density at radius 2 is 1.13 bits per heavy atom. The lowest BCUT2D eigenvalue weighted by Gasteiger charge is -2.29. The van der Waals surface area contributed by atoms with Crippen LogP contribution in [0.2, 0.25) is 0 Å². The lowest BCUT2D eigenvalue weighted by atomic mass is 10.1. The zero-order chi connectivity index (χ0) is 27.5.